The summed E-state index contributed by atoms with van der Waals surface area (Å²) in [6, 6.07) is -1.92. The summed E-state index contributed by atoms with van der Waals surface area (Å²) in [6.45, 7) is 4.53. The molecule has 2 aromatic rings. The van der Waals surface area contributed by atoms with Crippen LogP contribution < -0.4 is 16.0 Å². The Morgan fingerprint density at radius 1 is 0.883 bits per heavy atom. The van der Waals surface area contributed by atoms with Crippen LogP contribution in [0.4, 0.5) is 13.2 Å². The lowest BCUT2D eigenvalue weighted by molar-refractivity contribution is -0.163. The fraction of sp³-hybridized carbons (Fsp3) is 0.537. The smallest absolute Gasteiger partial charge is 0.329 e. The van der Waals surface area contributed by atoms with E-state index >= 15 is 0 Å². The van der Waals surface area contributed by atoms with Gasteiger partial charge in [-0.05, 0) is 80.8 Å². The summed E-state index contributed by atoms with van der Waals surface area (Å²) >= 11 is 5.85. The summed E-state index contributed by atoms with van der Waals surface area (Å²) in [5, 5.41) is 18.6. The molecule has 4 fully saturated rings. The Kier molecular flexibility index (Phi) is 13.7. The Labute approximate surface area is 349 Å². The van der Waals surface area contributed by atoms with Crippen LogP contribution in [0.2, 0.25) is 5.02 Å². The quantitative estimate of drug-likeness (QED) is 0.299. The van der Waals surface area contributed by atoms with Gasteiger partial charge in [0.15, 0.2) is 0 Å². The van der Waals surface area contributed by atoms with E-state index in [9.17, 15) is 51.8 Å². The number of carbonyl (C=O) groups is 7. The maximum Gasteiger partial charge on any atom is 0.329 e. The highest BCUT2D eigenvalue weighted by Crippen LogP contribution is 2.29. The summed E-state index contributed by atoms with van der Waals surface area (Å²) in [5.41, 5.74) is -0.154. The number of hydrogen-bond donors (Lipinski definition) is 4. The maximum absolute atomic E-state index is 14.7. The average Bonchev–Trinajstić information content (AvgIpc) is 3.78. The van der Waals surface area contributed by atoms with Gasteiger partial charge in [0, 0.05) is 43.6 Å². The van der Waals surface area contributed by atoms with Gasteiger partial charge in [0.05, 0.1) is 12.5 Å². The minimum atomic E-state index is -1.80. The third kappa shape index (κ3) is 10.0. The maximum atomic E-state index is 14.7. The van der Waals surface area contributed by atoms with Crippen molar-refractivity contribution < 1.29 is 56.6 Å². The number of aliphatic hydroxyl groups excluding tert-OH is 1. The molecule has 324 valence electrons. The van der Waals surface area contributed by atoms with Gasteiger partial charge in [-0.1, -0.05) is 24.6 Å². The predicted molar refractivity (Wildman–Crippen MR) is 207 cm³/mol. The summed E-state index contributed by atoms with van der Waals surface area (Å²) in [4.78, 5) is 102. The van der Waals surface area contributed by atoms with E-state index in [0.717, 1.165) is 23.1 Å². The van der Waals surface area contributed by atoms with Crippen LogP contribution >= 0.6 is 11.6 Å². The van der Waals surface area contributed by atoms with Gasteiger partial charge >= 0.3 is 5.97 Å². The molecule has 0 saturated carbocycles. The van der Waals surface area contributed by atoms with Gasteiger partial charge in [0.25, 0.3) is 0 Å². The molecule has 4 aliphatic heterocycles. The lowest BCUT2D eigenvalue weighted by atomic mass is 9.98. The minimum absolute atomic E-state index is 0.0720. The van der Waals surface area contributed by atoms with Crippen molar-refractivity contribution in [1.29, 1.82) is 0 Å². The van der Waals surface area contributed by atoms with Crippen LogP contribution in [0.5, 0.6) is 0 Å². The zero-order chi connectivity index (χ0) is 43.6. The van der Waals surface area contributed by atoms with Gasteiger partial charge < -0.3 is 40.5 Å². The van der Waals surface area contributed by atoms with E-state index in [1.54, 1.807) is 0 Å². The molecule has 0 unspecified atom stereocenters. The molecule has 0 spiro atoms. The highest BCUT2D eigenvalue weighted by atomic mass is 35.5. The Hall–Kier alpha value is -5.23. The molecule has 4 saturated heterocycles. The largest absolute Gasteiger partial charge is 0.458 e. The van der Waals surface area contributed by atoms with Crippen molar-refractivity contribution in [2.45, 2.75) is 114 Å². The lowest BCUT2D eigenvalue weighted by Crippen LogP contribution is -2.63. The van der Waals surface area contributed by atoms with E-state index < -0.39 is 120 Å². The molecule has 6 rings (SSSR count). The third-order valence-corrected chi connectivity index (χ3v) is 11.7. The summed E-state index contributed by atoms with van der Waals surface area (Å²) in [7, 11) is 0. The van der Waals surface area contributed by atoms with Crippen LogP contribution in [0.15, 0.2) is 36.4 Å². The van der Waals surface area contributed by atoms with E-state index in [4.69, 9.17) is 16.3 Å². The normalized spacial score (nSPS) is 28.3. The summed E-state index contributed by atoms with van der Waals surface area (Å²) in [5.74, 6) is -8.61. The number of halogens is 4. The molecule has 19 heteroatoms. The van der Waals surface area contributed by atoms with Gasteiger partial charge in [-0.15, -0.1) is 0 Å². The Morgan fingerprint density at radius 3 is 2.28 bits per heavy atom. The second-order valence-corrected chi connectivity index (χ2v) is 16.6. The number of piperidine rings is 1. The molecule has 60 heavy (non-hydrogen) atoms. The number of benzene rings is 2. The van der Waals surface area contributed by atoms with E-state index in [1.165, 1.54) is 35.8 Å². The Morgan fingerprint density at radius 2 is 1.58 bits per heavy atom. The van der Waals surface area contributed by atoms with Crippen LogP contribution in [0.3, 0.4) is 0 Å². The van der Waals surface area contributed by atoms with E-state index in [1.807, 2.05) is 6.92 Å². The molecule has 4 aliphatic rings. The number of esters is 1. The molecule has 0 aliphatic carbocycles. The number of hydrogen-bond acceptors (Lipinski definition) is 9. The number of carbonyl (C=O) groups excluding carboxylic acids is 7. The molecule has 4 heterocycles. The molecule has 0 bridgehead atoms. The number of fused-ring (bicyclic) bond motifs is 3. The van der Waals surface area contributed by atoms with E-state index in [2.05, 4.69) is 16.0 Å². The fourth-order valence-corrected chi connectivity index (χ4v) is 8.64. The van der Waals surface area contributed by atoms with Crippen LogP contribution in [-0.2, 0) is 51.1 Å². The van der Waals surface area contributed by atoms with Gasteiger partial charge in [-0.2, -0.15) is 0 Å². The first-order valence-corrected chi connectivity index (χ1v) is 20.4. The second kappa shape index (κ2) is 18.6. The third-order valence-electron chi connectivity index (χ3n) is 11.4. The van der Waals surface area contributed by atoms with Gasteiger partial charge in [-0.25, -0.2) is 18.0 Å². The number of aliphatic hydroxyl groups is 1. The van der Waals surface area contributed by atoms with Crippen molar-refractivity contribution in [2.75, 3.05) is 19.6 Å². The molecular formula is C41H48ClF3N6O9. The summed E-state index contributed by atoms with van der Waals surface area (Å²) < 4.78 is 49.2. The van der Waals surface area contributed by atoms with Crippen LogP contribution in [-0.4, -0.2) is 129 Å². The molecule has 0 aromatic heterocycles. The Bertz CT molecular complexity index is 2020. The van der Waals surface area contributed by atoms with Crippen LogP contribution in [0.25, 0.3) is 0 Å². The average molecular weight is 861 g/mol. The fourth-order valence-electron chi connectivity index (χ4n) is 8.48. The minimum Gasteiger partial charge on any atom is -0.458 e. The van der Waals surface area contributed by atoms with Crippen molar-refractivity contribution in [2.24, 2.45) is 5.92 Å². The molecule has 0 radical (unpaired) electrons. The molecular weight excluding hydrogens is 813 g/mol. The molecule has 2 aromatic carbocycles. The monoisotopic (exact) mass is 860 g/mol. The zero-order valence-corrected chi connectivity index (χ0v) is 34.1. The van der Waals surface area contributed by atoms with Crippen molar-refractivity contribution >= 4 is 53.0 Å². The first-order valence-electron chi connectivity index (χ1n) is 20.0. The topological polar surface area (TPSA) is 195 Å². The SMILES string of the molecule is C[C@@H]1C[C@H]2C(=O)O[C@@H](C)[C@H](NC(=O)[C@H](Cc3cc(F)cc(F)c3)NC(=O)Cc3ccc(Cl)cc3F)C(=O)N3C[C@H](O)C[C@H]3C(=O)N3CCCC[C@H]3C(=O)N[C@@H](C)C(=O)N2C1. The number of amides is 6. The number of ether oxygens (including phenoxy) is 1. The standard InChI is InChI=1S/C41H48ClF3N6O9/c1-20-10-33-41(59)60-22(3)35(48-36(54)30(13-23-11-26(43)16-27(44)12-23)47-34(53)14-24-7-8-25(42)15-29(24)45)40(58)51-19-28(52)17-32(51)39(57)49-9-5-4-6-31(49)37(55)46-21(2)38(56)50(33)18-20/h7-8,11-12,15-16,20-22,28,30-33,35,52H,4-6,9-10,13-14,17-19H2,1-3H3,(H,46,55)(H,47,53)(H,48,54)/t20-,21+,22+,28-,30+,31+,32+,33+,35+/m1/s1. The first kappa shape index (κ1) is 44.3. The number of rotatable bonds is 7. The van der Waals surface area contributed by atoms with Gasteiger partial charge in [0.2, 0.25) is 35.4 Å². The number of nitrogens with zero attached hydrogens (tertiary/aromatic N) is 3. The van der Waals surface area contributed by atoms with Crippen molar-refractivity contribution in [3.05, 3.63) is 70.0 Å². The van der Waals surface area contributed by atoms with Crippen molar-refractivity contribution in [3.8, 4) is 0 Å². The first-order chi connectivity index (χ1) is 28.4. The van der Waals surface area contributed by atoms with Crippen molar-refractivity contribution in [3.63, 3.8) is 0 Å². The van der Waals surface area contributed by atoms with E-state index in [-0.39, 0.29) is 61.0 Å². The molecule has 15 nitrogen and oxygen atoms in total. The second-order valence-electron chi connectivity index (χ2n) is 16.2. The molecule has 9 atom stereocenters. The van der Waals surface area contributed by atoms with Crippen LogP contribution in [0, 0.1) is 23.4 Å². The number of nitrogens with one attached hydrogen (secondary N) is 3. The highest BCUT2D eigenvalue weighted by molar-refractivity contribution is 6.30. The van der Waals surface area contributed by atoms with Gasteiger partial charge in [0.1, 0.15) is 59.8 Å². The van der Waals surface area contributed by atoms with E-state index in [0.29, 0.717) is 18.9 Å². The zero-order valence-electron chi connectivity index (χ0n) is 33.3. The number of cyclic esters (lactones) is 1. The predicted octanol–water partition coefficient (Wildman–Crippen LogP) is 1.54. The van der Waals surface area contributed by atoms with Crippen molar-refractivity contribution in [1.82, 2.24) is 30.7 Å². The molecule has 4 N–H and O–H groups in total. The highest BCUT2D eigenvalue weighted by Gasteiger charge is 2.49. The lowest BCUT2D eigenvalue weighted by Gasteiger charge is -2.39. The summed E-state index contributed by atoms with van der Waals surface area (Å²) in [6.07, 6.45) is -2.46. The van der Waals surface area contributed by atoms with Crippen LogP contribution in [0.1, 0.15) is 64.0 Å². The molecule has 6 amide bonds. The Balaban J connectivity index is 1.36. The van der Waals surface area contributed by atoms with Gasteiger partial charge in [-0.3, -0.25) is 28.8 Å².